The van der Waals surface area contributed by atoms with Gasteiger partial charge in [0, 0.05) is 18.4 Å². The number of benzene rings is 2. The number of carboxylic acid groups (broad SMARTS) is 1. The number of para-hydroxylation sites is 1. The molecule has 0 aliphatic carbocycles. The molecule has 7 nitrogen and oxygen atoms in total. The molecule has 0 radical (unpaired) electrons. The van der Waals surface area contributed by atoms with E-state index < -0.39 is 35.3 Å². The number of amides is 2. The lowest BCUT2D eigenvalue weighted by molar-refractivity contribution is -0.151. The number of hydrogen-bond donors (Lipinski definition) is 2. The zero-order valence-corrected chi connectivity index (χ0v) is 18.4. The highest BCUT2D eigenvalue weighted by molar-refractivity contribution is 6.09. The van der Waals surface area contributed by atoms with Crippen molar-refractivity contribution in [2.45, 2.75) is 37.8 Å². The second-order valence-corrected chi connectivity index (χ2v) is 8.93. The smallest absolute Gasteiger partial charge is 0.325 e. The Morgan fingerprint density at radius 3 is 2.52 bits per heavy atom. The molecule has 0 saturated carbocycles. The van der Waals surface area contributed by atoms with Crippen molar-refractivity contribution in [3.05, 3.63) is 72.0 Å². The zero-order valence-electron chi connectivity index (χ0n) is 18.4. The van der Waals surface area contributed by atoms with Crippen LogP contribution in [0.5, 0.6) is 0 Å². The van der Waals surface area contributed by atoms with Crippen molar-refractivity contribution < 1.29 is 23.9 Å². The summed E-state index contributed by atoms with van der Waals surface area (Å²) >= 11 is 0. The van der Waals surface area contributed by atoms with Crippen LogP contribution in [0.1, 0.15) is 37.1 Å². The largest absolute Gasteiger partial charge is 0.480 e. The molecule has 3 aromatic rings. The van der Waals surface area contributed by atoms with E-state index in [4.69, 9.17) is 4.42 Å². The molecule has 0 bridgehead atoms. The number of nitrogens with zero attached hydrogens (tertiary/aromatic N) is 1. The molecule has 170 valence electrons. The van der Waals surface area contributed by atoms with Crippen molar-refractivity contribution in [2.75, 3.05) is 6.54 Å². The minimum atomic E-state index is -1.62. The summed E-state index contributed by atoms with van der Waals surface area (Å²) in [7, 11) is 0. The van der Waals surface area contributed by atoms with E-state index in [-0.39, 0.29) is 12.3 Å². The molecule has 0 spiro atoms. The highest BCUT2D eigenvalue weighted by Gasteiger charge is 2.68. The Kier molecular flexibility index (Phi) is 5.29. The number of carboxylic acids is 1. The summed E-state index contributed by atoms with van der Waals surface area (Å²) in [4.78, 5) is 41.1. The quantitative estimate of drug-likeness (QED) is 0.539. The molecule has 4 atom stereocenters. The van der Waals surface area contributed by atoms with Crippen LogP contribution in [0.3, 0.4) is 0 Å². The van der Waals surface area contributed by atoms with Crippen LogP contribution >= 0.6 is 0 Å². The second-order valence-electron chi connectivity index (χ2n) is 8.93. The van der Waals surface area contributed by atoms with Gasteiger partial charge >= 0.3 is 5.97 Å². The molecule has 2 saturated heterocycles. The SMILES string of the molecule is CCCCN1C(=O)C2C(c3cc4ccccc4o3)NC(Cc3ccccc3)(C(=O)O)C2C1=O. The van der Waals surface area contributed by atoms with Crippen molar-refractivity contribution in [3.63, 3.8) is 0 Å². The highest BCUT2D eigenvalue weighted by atomic mass is 16.4. The number of carbonyl (C=O) groups is 3. The van der Waals surface area contributed by atoms with Crippen molar-refractivity contribution in [1.29, 1.82) is 0 Å². The van der Waals surface area contributed by atoms with Crippen LogP contribution in [0.25, 0.3) is 11.0 Å². The molecule has 5 rings (SSSR count). The molecule has 2 amide bonds. The van der Waals surface area contributed by atoms with Crippen molar-refractivity contribution in [2.24, 2.45) is 11.8 Å². The van der Waals surface area contributed by atoms with Crippen molar-refractivity contribution >= 4 is 28.8 Å². The van der Waals surface area contributed by atoms with Crippen LogP contribution in [0.15, 0.2) is 65.1 Å². The second kappa shape index (κ2) is 8.15. The van der Waals surface area contributed by atoms with Gasteiger partial charge in [0.05, 0.1) is 17.9 Å². The summed E-state index contributed by atoms with van der Waals surface area (Å²) in [5.41, 5.74) is -0.186. The third-order valence-corrected chi connectivity index (χ3v) is 6.94. The molecule has 7 heteroatoms. The van der Waals surface area contributed by atoms with Gasteiger partial charge < -0.3 is 9.52 Å². The average molecular weight is 447 g/mol. The molecular formula is C26H26N2O5. The van der Waals surface area contributed by atoms with Gasteiger partial charge in [0.2, 0.25) is 11.8 Å². The number of fused-ring (bicyclic) bond motifs is 2. The Morgan fingerprint density at radius 1 is 1.09 bits per heavy atom. The maximum atomic E-state index is 13.5. The van der Waals surface area contributed by atoms with E-state index in [2.05, 4.69) is 5.32 Å². The first-order valence-corrected chi connectivity index (χ1v) is 11.3. The maximum absolute atomic E-state index is 13.5. The minimum absolute atomic E-state index is 0.0850. The van der Waals surface area contributed by atoms with E-state index >= 15 is 0 Å². The first-order chi connectivity index (χ1) is 16.0. The summed E-state index contributed by atoms with van der Waals surface area (Å²) < 4.78 is 6.05. The normalized spacial score (nSPS) is 26.8. The highest BCUT2D eigenvalue weighted by Crippen LogP contribution is 2.50. The topological polar surface area (TPSA) is 99.8 Å². The lowest BCUT2D eigenvalue weighted by atomic mass is 9.76. The maximum Gasteiger partial charge on any atom is 0.325 e. The monoisotopic (exact) mass is 446 g/mol. The van der Waals surface area contributed by atoms with E-state index in [0.29, 0.717) is 24.3 Å². The summed E-state index contributed by atoms with van der Waals surface area (Å²) in [6, 6.07) is 17.8. The number of aliphatic carboxylic acids is 1. The number of rotatable bonds is 7. The Hall–Kier alpha value is -3.45. The molecule has 2 fully saturated rings. The predicted octanol–water partition coefficient (Wildman–Crippen LogP) is 3.54. The van der Waals surface area contributed by atoms with Crippen LogP contribution < -0.4 is 5.32 Å². The lowest BCUT2D eigenvalue weighted by Crippen LogP contribution is -2.57. The first kappa shape index (κ1) is 21.4. The van der Waals surface area contributed by atoms with Gasteiger partial charge in [-0.15, -0.1) is 0 Å². The Labute approximate surface area is 191 Å². The Balaban J connectivity index is 1.63. The molecule has 2 aliphatic rings. The third-order valence-electron chi connectivity index (χ3n) is 6.94. The number of nitrogens with one attached hydrogen (secondary N) is 1. The molecule has 33 heavy (non-hydrogen) atoms. The fourth-order valence-electron chi connectivity index (χ4n) is 5.35. The lowest BCUT2D eigenvalue weighted by Gasteiger charge is -2.31. The third kappa shape index (κ3) is 3.35. The van der Waals surface area contributed by atoms with Crippen molar-refractivity contribution in [1.82, 2.24) is 10.2 Å². The molecule has 2 N–H and O–H groups in total. The molecule has 2 aliphatic heterocycles. The molecule has 1 aromatic heterocycles. The number of carbonyl (C=O) groups excluding carboxylic acids is 2. The number of likely N-dealkylation sites (tertiary alicyclic amines) is 1. The number of furan rings is 1. The Bertz CT molecular complexity index is 1190. The van der Waals surface area contributed by atoms with Gasteiger partial charge in [-0.3, -0.25) is 24.6 Å². The Morgan fingerprint density at radius 2 is 1.82 bits per heavy atom. The minimum Gasteiger partial charge on any atom is -0.480 e. The van der Waals surface area contributed by atoms with Gasteiger partial charge in [-0.1, -0.05) is 61.9 Å². The van der Waals surface area contributed by atoms with Crippen LogP contribution in [0, 0.1) is 11.8 Å². The first-order valence-electron chi connectivity index (χ1n) is 11.3. The summed E-state index contributed by atoms with van der Waals surface area (Å²) in [5.74, 6) is -3.26. The molecular weight excluding hydrogens is 420 g/mol. The van der Waals surface area contributed by atoms with E-state index in [1.807, 2.05) is 67.6 Å². The predicted molar refractivity (Wildman–Crippen MR) is 121 cm³/mol. The van der Waals surface area contributed by atoms with Gasteiger partial charge in [-0.2, -0.15) is 0 Å². The van der Waals surface area contributed by atoms with E-state index in [1.165, 1.54) is 4.90 Å². The summed E-state index contributed by atoms with van der Waals surface area (Å²) in [6.45, 7) is 2.29. The molecule has 2 aromatic carbocycles. The fraction of sp³-hybridized carbons (Fsp3) is 0.346. The zero-order chi connectivity index (χ0) is 23.2. The van der Waals surface area contributed by atoms with E-state index in [1.54, 1.807) is 0 Å². The number of hydrogen-bond acceptors (Lipinski definition) is 5. The summed E-state index contributed by atoms with van der Waals surface area (Å²) in [5, 5.41) is 14.5. The van der Waals surface area contributed by atoms with Crippen LogP contribution in [-0.4, -0.2) is 39.9 Å². The van der Waals surface area contributed by atoms with E-state index in [0.717, 1.165) is 17.4 Å². The van der Waals surface area contributed by atoms with E-state index in [9.17, 15) is 19.5 Å². The standard InChI is InChI=1S/C26H26N2O5/c1-2-3-13-28-23(29)20-21(24(28)30)26(25(31)32,15-16-9-5-4-6-10-16)27-22(20)19-14-17-11-7-8-12-18(17)33-19/h4-12,14,20-22,27H,2-3,13,15H2,1H3,(H,31,32). The van der Waals surface area contributed by atoms with Crippen LogP contribution in [0.2, 0.25) is 0 Å². The molecule has 4 unspecified atom stereocenters. The van der Waals surface area contributed by atoms with Crippen LogP contribution in [0.4, 0.5) is 0 Å². The van der Waals surface area contributed by atoms with Gasteiger partial charge in [0.1, 0.15) is 16.9 Å². The van der Waals surface area contributed by atoms with Gasteiger partial charge in [0.15, 0.2) is 0 Å². The number of imide groups is 1. The summed E-state index contributed by atoms with van der Waals surface area (Å²) in [6.07, 6.45) is 1.59. The fourth-order valence-corrected chi connectivity index (χ4v) is 5.35. The van der Waals surface area contributed by atoms with Crippen LogP contribution in [-0.2, 0) is 20.8 Å². The molecule has 3 heterocycles. The number of unbranched alkanes of at least 4 members (excludes halogenated alkanes) is 1. The van der Waals surface area contributed by atoms with Gasteiger partial charge in [-0.25, -0.2) is 0 Å². The van der Waals surface area contributed by atoms with Gasteiger partial charge in [0.25, 0.3) is 0 Å². The van der Waals surface area contributed by atoms with Crippen molar-refractivity contribution in [3.8, 4) is 0 Å². The van der Waals surface area contributed by atoms with Gasteiger partial charge in [-0.05, 0) is 24.1 Å². The average Bonchev–Trinajstić information content (AvgIpc) is 3.46.